The Hall–Kier alpha value is -1.66. The van der Waals surface area contributed by atoms with Crippen LogP contribution >= 0.6 is 11.6 Å². The lowest BCUT2D eigenvalue weighted by molar-refractivity contribution is -0.885. The molecule has 0 saturated heterocycles. The van der Waals surface area contributed by atoms with Gasteiger partial charge in [-0.1, -0.05) is 11.6 Å². The third-order valence-corrected chi connectivity index (χ3v) is 3.59. The predicted molar refractivity (Wildman–Crippen MR) is 89.2 cm³/mol. The van der Waals surface area contributed by atoms with Crippen LogP contribution in [0.15, 0.2) is 18.2 Å². The summed E-state index contributed by atoms with van der Waals surface area (Å²) >= 11 is 5.89. The molecule has 0 radical (unpaired) electrons. The zero-order valence-corrected chi connectivity index (χ0v) is 14.8. The maximum Gasteiger partial charge on any atom is 0.282 e. The van der Waals surface area contributed by atoms with Gasteiger partial charge in [0, 0.05) is 5.54 Å². The number of amides is 2. The van der Waals surface area contributed by atoms with E-state index in [1.54, 1.807) is 14.0 Å². The summed E-state index contributed by atoms with van der Waals surface area (Å²) in [6, 6.07) is 3.29. The van der Waals surface area contributed by atoms with Crippen molar-refractivity contribution in [2.75, 3.05) is 18.9 Å². The number of carbonyl (C=O) groups is 2. The van der Waals surface area contributed by atoms with Gasteiger partial charge in [0.2, 0.25) is 0 Å². The molecule has 1 aromatic rings. The van der Waals surface area contributed by atoms with E-state index in [0.717, 1.165) is 11.0 Å². The van der Waals surface area contributed by atoms with Gasteiger partial charge < -0.3 is 15.5 Å². The zero-order valence-electron chi connectivity index (χ0n) is 14.1. The molecule has 1 rings (SSSR count). The first-order valence-electron chi connectivity index (χ1n) is 7.39. The zero-order chi connectivity index (χ0) is 17.8. The van der Waals surface area contributed by atoms with Gasteiger partial charge in [-0.05, 0) is 45.9 Å². The van der Waals surface area contributed by atoms with Gasteiger partial charge in [0.1, 0.15) is 5.82 Å². The molecule has 0 aliphatic rings. The van der Waals surface area contributed by atoms with E-state index < -0.39 is 11.9 Å². The number of hydrogen-bond acceptors (Lipinski definition) is 2. The minimum Gasteiger partial charge on any atom is -0.347 e. The molecule has 128 valence electrons. The lowest BCUT2D eigenvalue weighted by atomic mass is 10.1. The molecule has 0 aromatic heterocycles. The lowest BCUT2D eigenvalue weighted by Crippen LogP contribution is -3.15. The molecule has 7 heteroatoms. The Bertz CT molecular complexity index is 587. The Morgan fingerprint density at radius 1 is 1.35 bits per heavy atom. The highest BCUT2D eigenvalue weighted by Gasteiger charge is 2.25. The maximum absolute atomic E-state index is 13.0. The first kappa shape index (κ1) is 19.4. The molecule has 2 amide bonds. The summed E-state index contributed by atoms with van der Waals surface area (Å²) in [6.07, 6.45) is 0. The fraction of sp³-hybridized carbons (Fsp3) is 0.500. The monoisotopic (exact) mass is 344 g/mol. The highest BCUT2D eigenvalue weighted by Crippen LogP contribution is 2.22. The molecule has 0 heterocycles. The van der Waals surface area contributed by atoms with Crippen LogP contribution in [0.4, 0.5) is 10.1 Å². The Balaban J connectivity index is 2.63. The quantitative estimate of drug-likeness (QED) is 0.752. The van der Waals surface area contributed by atoms with Gasteiger partial charge in [-0.25, -0.2) is 4.39 Å². The van der Waals surface area contributed by atoms with E-state index in [4.69, 9.17) is 11.6 Å². The molecule has 0 saturated carbocycles. The largest absolute Gasteiger partial charge is 0.347 e. The molecule has 0 fully saturated rings. The van der Waals surface area contributed by atoms with Crippen molar-refractivity contribution in [1.82, 2.24) is 5.32 Å². The van der Waals surface area contributed by atoms with Crippen LogP contribution in [0.5, 0.6) is 0 Å². The smallest absolute Gasteiger partial charge is 0.282 e. The summed E-state index contributed by atoms with van der Waals surface area (Å²) < 4.78 is 13.0. The average Bonchev–Trinajstić information content (AvgIpc) is 2.38. The number of likely N-dealkylation sites (N-methyl/N-ethyl adjacent to an activating group) is 1. The fourth-order valence-corrected chi connectivity index (χ4v) is 2.14. The van der Waals surface area contributed by atoms with Crippen LogP contribution in [0.3, 0.4) is 0 Å². The van der Waals surface area contributed by atoms with Gasteiger partial charge >= 0.3 is 0 Å². The third kappa shape index (κ3) is 6.54. The highest BCUT2D eigenvalue weighted by atomic mass is 35.5. The molecular formula is C16H24ClFN3O2+. The van der Waals surface area contributed by atoms with Crippen molar-refractivity contribution in [1.29, 1.82) is 0 Å². The van der Waals surface area contributed by atoms with Crippen molar-refractivity contribution in [2.45, 2.75) is 39.3 Å². The van der Waals surface area contributed by atoms with Crippen LogP contribution in [-0.2, 0) is 9.59 Å². The van der Waals surface area contributed by atoms with Gasteiger partial charge in [0.15, 0.2) is 12.6 Å². The van der Waals surface area contributed by atoms with Crippen molar-refractivity contribution in [3.63, 3.8) is 0 Å². The second-order valence-corrected chi connectivity index (χ2v) is 7.06. The second-order valence-electron chi connectivity index (χ2n) is 6.66. The number of rotatable bonds is 5. The van der Waals surface area contributed by atoms with Gasteiger partial charge in [0.25, 0.3) is 11.8 Å². The van der Waals surface area contributed by atoms with Crippen LogP contribution in [0.25, 0.3) is 0 Å². The summed E-state index contributed by atoms with van der Waals surface area (Å²) in [7, 11) is 1.76. The molecule has 3 N–H and O–H groups in total. The minimum atomic E-state index is -0.471. The Kier molecular flexibility index (Phi) is 6.53. The van der Waals surface area contributed by atoms with Crippen molar-refractivity contribution < 1.29 is 18.9 Å². The number of anilines is 1. The molecule has 1 unspecified atom stereocenters. The second kappa shape index (κ2) is 7.75. The van der Waals surface area contributed by atoms with Crippen molar-refractivity contribution in [3.05, 3.63) is 29.0 Å². The Morgan fingerprint density at radius 2 is 1.96 bits per heavy atom. The summed E-state index contributed by atoms with van der Waals surface area (Å²) in [5.41, 5.74) is 0.0293. The number of benzene rings is 1. The molecule has 1 aromatic carbocycles. The molecular weight excluding hydrogens is 321 g/mol. The van der Waals surface area contributed by atoms with E-state index >= 15 is 0 Å². The summed E-state index contributed by atoms with van der Waals surface area (Å²) in [5.74, 6) is -0.892. The van der Waals surface area contributed by atoms with E-state index in [0.29, 0.717) is 5.69 Å². The SMILES string of the molecule is C[C@H](C(=O)Nc1ccc(F)cc1Cl)[NH+](C)CC(=O)NC(C)(C)C. The van der Waals surface area contributed by atoms with Crippen LogP contribution in [0, 0.1) is 5.82 Å². The van der Waals surface area contributed by atoms with E-state index in [-0.39, 0.29) is 28.9 Å². The molecule has 23 heavy (non-hydrogen) atoms. The molecule has 5 nitrogen and oxygen atoms in total. The van der Waals surface area contributed by atoms with E-state index in [1.807, 2.05) is 20.8 Å². The Morgan fingerprint density at radius 3 is 2.48 bits per heavy atom. The molecule has 0 aliphatic heterocycles. The Labute approximate surface area is 141 Å². The third-order valence-electron chi connectivity index (χ3n) is 3.28. The molecule has 0 aliphatic carbocycles. The first-order chi connectivity index (χ1) is 10.5. The van der Waals surface area contributed by atoms with Gasteiger partial charge in [-0.3, -0.25) is 9.59 Å². The fourth-order valence-electron chi connectivity index (χ4n) is 1.92. The van der Waals surface area contributed by atoms with Crippen LogP contribution in [0.1, 0.15) is 27.7 Å². The van der Waals surface area contributed by atoms with Crippen LogP contribution < -0.4 is 15.5 Å². The number of hydrogen-bond donors (Lipinski definition) is 3. The van der Waals surface area contributed by atoms with Gasteiger partial charge in [-0.15, -0.1) is 0 Å². The molecule has 0 bridgehead atoms. The molecule has 0 spiro atoms. The predicted octanol–water partition coefficient (Wildman–Crippen LogP) is 1.24. The number of quaternary nitrogens is 1. The highest BCUT2D eigenvalue weighted by molar-refractivity contribution is 6.33. The van der Waals surface area contributed by atoms with E-state index in [2.05, 4.69) is 10.6 Å². The van der Waals surface area contributed by atoms with Gasteiger partial charge in [0.05, 0.1) is 17.8 Å². The summed E-state index contributed by atoms with van der Waals surface area (Å²) in [4.78, 5) is 24.9. The minimum absolute atomic E-state index is 0.130. The van der Waals surface area contributed by atoms with Crippen molar-refractivity contribution in [3.8, 4) is 0 Å². The topological polar surface area (TPSA) is 62.6 Å². The normalized spacial score (nSPS) is 14.0. The molecule has 2 atom stereocenters. The van der Waals surface area contributed by atoms with E-state index in [9.17, 15) is 14.0 Å². The number of halogens is 2. The summed E-state index contributed by atoms with van der Waals surface area (Å²) in [6.45, 7) is 7.57. The van der Waals surface area contributed by atoms with Crippen LogP contribution in [-0.4, -0.2) is 37.0 Å². The lowest BCUT2D eigenvalue weighted by Gasteiger charge is -2.24. The van der Waals surface area contributed by atoms with Gasteiger partial charge in [-0.2, -0.15) is 0 Å². The maximum atomic E-state index is 13.0. The summed E-state index contributed by atoms with van der Waals surface area (Å²) in [5, 5.41) is 5.64. The van der Waals surface area contributed by atoms with Crippen LogP contribution in [0.2, 0.25) is 5.02 Å². The standard InChI is InChI=1S/C16H23ClFN3O2/c1-10(21(5)9-14(22)20-16(2,3)4)15(23)19-13-7-6-11(18)8-12(13)17/h6-8,10H,9H2,1-5H3,(H,19,23)(H,20,22)/p+1/t10-/m1/s1. The van der Waals surface area contributed by atoms with Crippen molar-refractivity contribution in [2.24, 2.45) is 0 Å². The van der Waals surface area contributed by atoms with E-state index in [1.165, 1.54) is 12.1 Å². The number of carbonyl (C=O) groups excluding carboxylic acids is 2. The first-order valence-corrected chi connectivity index (χ1v) is 7.76. The average molecular weight is 345 g/mol. The van der Waals surface area contributed by atoms with Crippen molar-refractivity contribution >= 4 is 29.1 Å². The number of nitrogens with one attached hydrogen (secondary N) is 3.